The summed E-state index contributed by atoms with van der Waals surface area (Å²) in [4.78, 5) is 10.7. The Bertz CT molecular complexity index is 120. The Hall–Kier alpha value is -0.553. The minimum Gasteiger partial charge on any atom is -0.423 e. The highest BCUT2D eigenvalue weighted by Crippen LogP contribution is 1.93. The van der Waals surface area contributed by atoms with Crippen LogP contribution in [0.25, 0.3) is 0 Å². The lowest BCUT2D eigenvalue weighted by atomic mass is 10.3. The summed E-state index contributed by atoms with van der Waals surface area (Å²) in [5, 5.41) is 8.22. The van der Waals surface area contributed by atoms with E-state index in [-0.39, 0.29) is 0 Å². The molecule has 0 saturated carbocycles. The van der Waals surface area contributed by atoms with Crippen LogP contribution in [-0.2, 0) is 4.74 Å². The molecule has 5 heteroatoms. The zero-order chi connectivity index (χ0) is 8.69. The first-order chi connectivity index (χ1) is 5.22. The molecule has 63 valence electrons. The van der Waals surface area contributed by atoms with E-state index in [4.69, 9.17) is 5.11 Å². The van der Waals surface area contributed by atoms with Crippen molar-refractivity contribution in [1.29, 1.82) is 0 Å². The molecule has 1 amide bonds. The van der Waals surface area contributed by atoms with Crippen molar-refractivity contribution in [2.45, 2.75) is 19.8 Å². The number of hydrogen-bond donors (Lipinski definition) is 1. The largest absolute Gasteiger partial charge is 0.423 e. The number of unbranched alkanes of at least 4 members (excludes halogenated alkanes) is 1. The van der Waals surface area contributed by atoms with Gasteiger partial charge in [-0.2, -0.15) is 0 Å². The van der Waals surface area contributed by atoms with E-state index in [0.717, 1.165) is 12.8 Å². The van der Waals surface area contributed by atoms with E-state index < -0.39 is 12.9 Å². The van der Waals surface area contributed by atoms with Crippen LogP contribution in [0.3, 0.4) is 0 Å². The zero-order valence-electron chi connectivity index (χ0n) is 6.54. The highest BCUT2D eigenvalue weighted by Gasteiger charge is 2.07. The maximum atomic E-state index is 10.7. The van der Waals surface area contributed by atoms with Gasteiger partial charge in [0.1, 0.15) is 0 Å². The van der Waals surface area contributed by atoms with Gasteiger partial charge in [-0.3, -0.25) is 0 Å². The minimum absolute atomic E-state index is 0.558. The summed E-state index contributed by atoms with van der Waals surface area (Å²) in [5.74, 6) is 0. The molecule has 0 atom stereocenters. The van der Waals surface area contributed by atoms with Crippen LogP contribution in [0, 0.1) is 0 Å². The van der Waals surface area contributed by atoms with Gasteiger partial charge in [0, 0.05) is 6.54 Å². The smallest absolute Gasteiger partial charge is 0.403 e. The topological polar surface area (TPSA) is 49.8 Å². The van der Waals surface area contributed by atoms with Gasteiger partial charge < -0.3 is 14.4 Å². The molecular weight excluding hydrogens is 162 g/mol. The number of rotatable bonds is 4. The van der Waals surface area contributed by atoms with Gasteiger partial charge in [-0.05, 0) is 6.42 Å². The summed E-state index contributed by atoms with van der Waals surface area (Å²) in [7, 11) is 3.04. The monoisotopic (exact) mass is 174 g/mol. The Labute approximate surface area is 69.6 Å². The van der Waals surface area contributed by atoms with E-state index in [2.05, 4.69) is 15.1 Å². The molecule has 0 bridgehead atoms. The van der Waals surface area contributed by atoms with Crippen molar-refractivity contribution < 1.29 is 14.6 Å². The lowest BCUT2D eigenvalue weighted by Crippen LogP contribution is -2.30. The fraction of sp³-hybridized carbons (Fsp3) is 0.833. The summed E-state index contributed by atoms with van der Waals surface area (Å²) in [6, 6.07) is 0. The molecule has 0 aromatic rings. The van der Waals surface area contributed by atoms with Crippen LogP contribution in [0.4, 0.5) is 4.79 Å². The molecule has 0 aliphatic carbocycles. The molecule has 0 heterocycles. The van der Waals surface area contributed by atoms with Crippen LogP contribution in [0.15, 0.2) is 0 Å². The molecule has 1 N–H and O–H groups in total. The molecule has 3 radical (unpaired) electrons. The number of hydrogen-bond acceptors (Lipinski definition) is 3. The first kappa shape index (κ1) is 10.4. The molecule has 0 unspecified atom stereocenters. The van der Waals surface area contributed by atoms with Crippen molar-refractivity contribution in [1.82, 2.24) is 4.57 Å². The quantitative estimate of drug-likeness (QED) is 0.491. The van der Waals surface area contributed by atoms with E-state index >= 15 is 0 Å². The third-order valence-electron chi connectivity index (χ3n) is 1.14. The van der Waals surface area contributed by atoms with Gasteiger partial charge in [-0.25, -0.2) is 4.79 Å². The van der Waals surface area contributed by atoms with E-state index in [9.17, 15) is 4.79 Å². The second-order valence-electron chi connectivity index (χ2n) is 2.04. The maximum Gasteiger partial charge on any atom is 0.403 e. The molecular formula is C6H12NO3Si. The SMILES string of the molecule is CCCCN([Si])C(=O)OCO. The van der Waals surface area contributed by atoms with Crippen molar-refractivity contribution in [2.24, 2.45) is 0 Å². The molecule has 4 nitrogen and oxygen atoms in total. The summed E-state index contributed by atoms with van der Waals surface area (Å²) < 4.78 is 5.54. The third-order valence-corrected chi connectivity index (χ3v) is 1.55. The van der Waals surface area contributed by atoms with Crippen LogP contribution in [-0.4, -0.2) is 39.5 Å². The Morgan fingerprint density at radius 3 is 2.82 bits per heavy atom. The number of amides is 1. The predicted octanol–water partition coefficient (Wildman–Crippen LogP) is 0.258. The Morgan fingerprint density at radius 1 is 1.73 bits per heavy atom. The first-order valence-corrected chi connectivity index (χ1v) is 3.93. The van der Waals surface area contributed by atoms with Crippen molar-refractivity contribution in [3.63, 3.8) is 0 Å². The van der Waals surface area contributed by atoms with E-state index in [0.29, 0.717) is 6.54 Å². The molecule has 0 fully saturated rings. The van der Waals surface area contributed by atoms with Gasteiger partial charge in [0.05, 0.1) is 0 Å². The third kappa shape index (κ3) is 4.80. The van der Waals surface area contributed by atoms with Gasteiger partial charge in [0.15, 0.2) is 17.2 Å². The van der Waals surface area contributed by atoms with Crippen molar-refractivity contribution in [3.05, 3.63) is 0 Å². The minimum atomic E-state index is -0.577. The first-order valence-electron chi connectivity index (χ1n) is 3.48. The Kier molecular flexibility index (Phi) is 5.87. The van der Waals surface area contributed by atoms with E-state index in [1.54, 1.807) is 0 Å². The van der Waals surface area contributed by atoms with Gasteiger partial charge in [0.2, 0.25) is 0 Å². The average Bonchev–Trinajstić information content (AvgIpc) is 2.00. The van der Waals surface area contributed by atoms with Crippen LogP contribution >= 0.6 is 0 Å². The fourth-order valence-corrected chi connectivity index (χ4v) is 0.763. The van der Waals surface area contributed by atoms with Crippen LogP contribution in [0.5, 0.6) is 0 Å². The molecule has 0 rings (SSSR count). The molecule has 0 aromatic carbocycles. The van der Waals surface area contributed by atoms with Crippen LogP contribution < -0.4 is 0 Å². The number of aliphatic hydroxyl groups is 1. The fourth-order valence-electron chi connectivity index (χ4n) is 0.541. The van der Waals surface area contributed by atoms with Gasteiger partial charge in [-0.1, -0.05) is 13.3 Å². The second kappa shape index (κ2) is 6.18. The number of aliphatic hydroxyl groups excluding tert-OH is 1. The normalized spacial score (nSPS) is 9.36. The zero-order valence-corrected chi connectivity index (χ0v) is 7.54. The molecule has 0 saturated heterocycles. The second-order valence-corrected chi connectivity index (χ2v) is 2.58. The molecule has 0 aliphatic rings. The summed E-state index contributed by atoms with van der Waals surface area (Å²) in [6.45, 7) is 2.04. The van der Waals surface area contributed by atoms with Gasteiger partial charge in [0.25, 0.3) is 0 Å². The highest BCUT2D eigenvalue weighted by atomic mass is 28.2. The van der Waals surface area contributed by atoms with Crippen molar-refractivity contribution >= 4 is 16.5 Å². The number of carbonyl (C=O) groups is 1. The number of carbonyl (C=O) groups excluding carboxylic acids is 1. The van der Waals surface area contributed by atoms with Gasteiger partial charge >= 0.3 is 6.09 Å². The Balaban J connectivity index is 3.46. The highest BCUT2D eigenvalue weighted by molar-refractivity contribution is 6.12. The molecule has 0 aliphatic heterocycles. The van der Waals surface area contributed by atoms with E-state index in [1.807, 2.05) is 6.92 Å². The maximum absolute atomic E-state index is 10.7. The van der Waals surface area contributed by atoms with Crippen molar-refractivity contribution in [3.8, 4) is 0 Å². The van der Waals surface area contributed by atoms with Crippen LogP contribution in [0.1, 0.15) is 19.8 Å². The summed E-state index contributed by atoms with van der Waals surface area (Å²) >= 11 is 0. The summed E-state index contributed by atoms with van der Waals surface area (Å²) in [5.41, 5.74) is 0. The predicted molar refractivity (Wildman–Crippen MR) is 40.9 cm³/mol. The standard InChI is InChI=1S/C6H12NO3Si/c1-2-3-4-7(11)6(9)10-5-8/h8H,2-5H2,1H3. The van der Waals surface area contributed by atoms with E-state index in [1.165, 1.54) is 4.57 Å². The number of nitrogens with zero attached hydrogens (tertiary/aromatic N) is 1. The lowest BCUT2D eigenvalue weighted by molar-refractivity contribution is 0.0336. The number of ether oxygens (including phenoxy) is 1. The molecule has 11 heavy (non-hydrogen) atoms. The van der Waals surface area contributed by atoms with Gasteiger partial charge in [-0.15, -0.1) is 0 Å². The summed E-state index contributed by atoms with van der Waals surface area (Å²) in [6.07, 6.45) is 1.36. The van der Waals surface area contributed by atoms with Crippen molar-refractivity contribution in [2.75, 3.05) is 13.3 Å². The molecule has 0 spiro atoms. The molecule has 0 aromatic heterocycles. The average molecular weight is 174 g/mol. The Morgan fingerprint density at radius 2 is 2.36 bits per heavy atom. The lowest BCUT2D eigenvalue weighted by Gasteiger charge is -2.14. The van der Waals surface area contributed by atoms with Crippen LogP contribution in [0.2, 0.25) is 0 Å².